The van der Waals surface area contributed by atoms with E-state index in [-0.39, 0.29) is 11.9 Å². The number of carbonyl (C=O) groups excluding carboxylic acids is 1. The molecule has 1 aromatic rings. The van der Waals surface area contributed by atoms with Gasteiger partial charge in [0.1, 0.15) is 11.9 Å². The van der Waals surface area contributed by atoms with Gasteiger partial charge in [0, 0.05) is 19.4 Å². The van der Waals surface area contributed by atoms with E-state index in [2.05, 4.69) is 20.6 Å². The third kappa shape index (κ3) is 2.42. The van der Waals surface area contributed by atoms with Gasteiger partial charge in [0.05, 0.1) is 5.69 Å². The van der Waals surface area contributed by atoms with E-state index >= 15 is 0 Å². The average Bonchev–Trinajstić information content (AvgIpc) is 2.20. The van der Waals surface area contributed by atoms with Crippen molar-refractivity contribution in [3.8, 4) is 0 Å². The fourth-order valence-corrected chi connectivity index (χ4v) is 1.04. The fraction of sp³-hybridized carbons (Fsp3) is 0.444. The number of hydrogen-bond donors (Lipinski definition) is 2. The van der Waals surface area contributed by atoms with Crippen molar-refractivity contribution >= 4 is 11.7 Å². The Morgan fingerprint density at radius 3 is 2.64 bits per heavy atom. The zero-order chi connectivity index (χ0) is 10.6. The van der Waals surface area contributed by atoms with Crippen LogP contribution < -0.4 is 10.6 Å². The molecule has 5 heteroatoms. The molecule has 0 aliphatic rings. The van der Waals surface area contributed by atoms with Crippen molar-refractivity contribution in [2.75, 3.05) is 12.4 Å². The molecule has 5 nitrogen and oxygen atoms in total. The van der Waals surface area contributed by atoms with Crippen molar-refractivity contribution in [3.05, 3.63) is 18.1 Å². The summed E-state index contributed by atoms with van der Waals surface area (Å²) in [5.41, 5.74) is 0.781. The molecule has 1 amide bonds. The highest BCUT2D eigenvalue weighted by molar-refractivity contribution is 5.83. The monoisotopic (exact) mass is 194 g/mol. The molecule has 0 aliphatic heterocycles. The summed E-state index contributed by atoms with van der Waals surface area (Å²) in [5.74, 6) is 0.568. The number of nitrogens with zero attached hydrogens (tertiary/aromatic N) is 2. The Morgan fingerprint density at radius 1 is 1.43 bits per heavy atom. The number of carbonyl (C=O) groups is 1. The van der Waals surface area contributed by atoms with E-state index in [9.17, 15) is 4.79 Å². The highest BCUT2D eigenvalue weighted by Crippen LogP contribution is 2.07. The van der Waals surface area contributed by atoms with Crippen molar-refractivity contribution in [2.45, 2.75) is 19.9 Å². The lowest BCUT2D eigenvalue weighted by atomic mass is 10.3. The van der Waals surface area contributed by atoms with Gasteiger partial charge in [-0.1, -0.05) is 0 Å². The third-order valence-electron chi connectivity index (χ3n) is 1.87. The van der Waals surface area contributed by atoms with E-state index in [1.165, 1.54) is 0 Å². The maximum Gasteiger partial charge on any atom is 0.241 e. The van der Waals surface area contributed by atoms with Crippen LogP contribution in [0.1, 0.15) is 12.6 Å². The van der Waals surface area contributed by atoms with Crippen LogP contribution in [0.4, 0.5) is 5.82 Å². The quantitative estimate of drug-likeness (QED) is 0.727. The van der Waals surface area contributed by atoms with Gasteiger partial charge in [0.2, 0.25) is 5.91 Å². The normalized spacial score (nSPS) is 11.9. The Balaban J connectivity index is 2.69. The van der Waals surface area contributed by atoms with Crippen molar-refractivity contribution in [2.24, 2.45) is 0 Å². The van der Waals surface area contributed by atoms with E-state index in [0.717, 1.165) is 5.69 Å². The van der Waals surface area contributed by atoms with Crippen LogP contribution in [0.5, 0.6) is 0 Å². The zero-order valence-corrected chi connectivity index (χ0v) is 8.53. The van der Waals surface area contributed by atoms with E-state index in [1.807, 2.05) is 6.92 Å². The third-order valence-corrected chi connectivity index (χ3v) is 1.87. The summed E-state index contributed by atoms with van der Waals surface area (Å²) in [6, 6.07) is -0.310. The number of hydrogen-bond acceptors (Lipinski definition) is 4. The molecule has 2 N–H and O–H groups in total. The zero-order valence-electron chi connectivity index (χ0n) is 8.53. The minimum Gasteiger partial charge on any atom is -0.357 e. The number of likely N-dealkylation sites (N-methyl/N-ethyl adjacent to an activating group) is 1. The standard InChI is InChI=1S/C9H14N4O/c1-6-8(12-5-4-11-6)13-7(2)9(14)10-3/h4-5,7H,1-3H3,(H,10,14)(H,12,13). The lowest BCUT2D eigenvalue weighted by Gasteiger charge is -2.13. The van der Waals surface area contributed by atoms with Crippen LogP contribution >= 0.6 is 0 Å². The highest BCUT2D eigenvalue weighted by Gasteiger charge is 2.11. The second-order valence-electron chi connectivity index (χ2n) is 2.97. The molecule has 1 rings (SSSR count). The maximum atomic E-state index is 11.2. The lowest BCUT2D eigenvalue weighted by molar-refractivity contribution is -0.121. The van der Waals surface area contributed by atoms with Gasteiger partial charge >= 0.3 is 0 Å². The molecule has 0 spiro atoms. The molecule has 0 aliphatic carbocycles. The molecule has 1 heterocycles. The first-order chi connectivity index (χ1) is 6.65. The summed E-state index contributed by atoms with van der Waals surface area (Å²) in [6.45, 7) is 3.61. The minimum atomic E-state index is -0.310. The first-order valence-corrected chi connectivity index (χ1v) is 4.41. The molecule has 0 fully saturated rings. The van der Waals surface area contributed by atoms with E-state index in [4.69, 9.17) is 0 Å². The van der Waals surface area contributed by atoms with Crippen LogP contribution in [0.3, 0.4) is 0 Å². The Bertz CT molecular complexity index is 326. The van der Waals surface area contributed by atoms with Gasteiger partial charge in [-0.05, 0) is 13.8 Å². The van der Waals surface area contributed by atoms with Crippen molar-refractivity contribution in [1.82, 2.24) is 15.3 Å². The first-order valence-electron chi connectivity index (χ1n) is 4.41. The van der Waals surface area contributed by atoms with Crippen LogP contribution in [-0.2, 0) is 4.79 Å². The number of amides is 1. The number of nitrogens with one attached hydrogen (secondary N) is 2. The molecule has 0 saturated heterocycles. The Labute approximate surface area is 83.0 Å². The van der Waals surface area contributed by atoms with Crippen LogP contribution in [0.2, 0.25) is 0 Å². The summed E-state index contributed by atoms with van der Waals surface area (Å²) < 4.78 is 0. The van der Waals surface area contributed by atoms with E-state index in [1.54, 1.807) is 26.4 Å². The Morgan fingerprint density at radius 2 is 2.07 bits per heavy atom. The van der Waals surface area contributed by atoms with Crippen LogP contribution in [-0.4, -0.2) is 29.0 Å². The van der Waals surface area contributed by atoms with Gasteiger partial charge in [-0.2, -0.15) is 0 Å². The SMILES string of the molecule is CNC(=O)C(C)Nc1nccnc1C. The summed E-state index contributed by atoms with van der Waals surface area (Å²) in [4.78, 5) is 19.3. The van der Waals surface area contributed by atoms with Crippen molar-refractivity contribution < 1.29 is 4.79 Å². The van der Waals surface area contributed by atoms with Gasteiger partial charge in [-0.25, -0.2) is 4.98 Å². The second-order valence-corrected chi connectivity index (χ2v) is 2.97. The molecule has 76 valence electrons. The summed E-state index contributed by atoms with van der Waals surface area (Å²) in [5, 5.41) is 5.53. The van der Waals surface area contributed by atoms with Crippen LogP contribution in [0.25, 0.3) is 0 Å². The number of aromatic nitrogens is 2. The van der Waals surface area contributed by atoms with Crippen molar-refractivity contribution in [3.63, 3.8) is 0 Å². The molecule has 0 aromatic carbocycles. The molecule has 1 unspecified atom stereocenters. The van der Waals surface area contributed by atoms with Crippen LogP contribution in [0, 0.1) is 6.92 Å². The fourth-order valence-electron chi connectivity index (χ4n) is 1.04. The average molecular weight is 194 g/mol. The second kappa shape index (κ2) is 4.55. The number of anilines is 1. The Kier molecular flexibility index (Phi) is 3.39. The van der Waals surface area contributed by atoms with Crippen molar-refractivity contribution in [1.29, 1.82) is 0 Å². The predicted octanol–water partition coefficient (Wildman–Crippen LogP) is 0.331. The van der Waals surface area contributed by atoms with Gasteiger partial charge in [0.25, 0.3) is 0 Å². The maximum absolute atomic E-state index is 11.2. The van der Waals surface area contributed by atoms with Gasteiger partial charge in [-0.15, -0.1) is 0 Å². The lowest BCUT2D eigenvalue weighted by Crippen LogP contribution is -2.35. The predicted molar refractivity (Wildman–Crippen MR) is 53.9 cm³/mol. The topological polar surface area (TPSA) is 66.9 Å². The largest absolute Gasteiger partial charge is 0.357 e. The summed E-state index contributed by atoms with van der Waals surface area (Å²) in [6.07, 6.45) is 3.21. The van der Waals surface area contributed by atoms with E-state index < -0.39 is 0 Å². The molecule has 0 saturated carbocycles. The molecule has 0 radical (unpaired) electrons. The van der Waals surface area contributed by atoms with Crippen LogP contribution in [0.15, 0.2) is 12.4 Å². The minimum absolute atomic E-state index is 0.0740. The summed E-state index contributed by atoms with van der Waals surface area (Å²) >= 11 is 0. The molecule has 1 aromatic heterocycles. The molecular weight excluding hydrogens is 180 g/mol. The van der Waals surface area contributed by atoms with Gasteiger partial charge in [-0.3, -0.25) is 9.78 Å². The summed E-state index contributed by atoms with van der Waals surface area (Å²) in [7, 11) is 1.60. The molecule has 14 heavy (non-hydrogen) atoms. The first kappa shape index (κ1) is 10.4. The smallest absolute Gasteiger partial charge is 0.241 e. The number of aryl methyl sites for hydroxylation is 1. The van der Waals surface area contributed by atoms with Gasteiger partial charge in [0.15, 0.2) is 0 Å². The Hall–Kier alpha value is -1.65. The molecular formula is C9H14N4O. The number of rotatable bonds is 3. The molecule has 1 atom stereocenters. The van der Waals surface area contributed by atoms with Gasteiger partial charge < -0.3 is 10.6 Å². The molecule has 0 bridgehead atoms. The highest BCUT2D eigenvalue weighted by atomic mass is 16.2. The van der Waals surface area contributed by atoms with E-state index in [0.29, 0.717) is 5.82 Å².